The summed E-state index contributed by atoms with van der Waals surface area (Å²) in [6, 6.07) is 15.0. The first-order valence-electron chi connectivity index (χ1n) is 7.13. The summed E-state index contributed by atoms with van der Waals surface area (Å²) in [7, 11) is 0. The third kappa shape index (κ3) is 2.41. The fraction of sp³-hybridized carbons (Fsp3) is 0.176. The number of rotatable bonds is 4. The number of ether oxygens (including phenoxy) is 1. The van der Waals surface area contributed by atoms with E-state index in [1.807, 2.05) is 36.4 Å². The van der Waals surface area contributed by atoms with E-state index in [1.54, 1.807) is 29.8 Å². The van der Waals surface area contributed by atoms with Crippen LogP contribution in [0.1, 0.15) is 22.8 Å². The molecule has 3 aromatic rings. The Kier molecular flexibility index (Phi) is 3.78. The molecule has 3 rings (SSSR count). The van der Waals surface area contributed by atoms with E-state index in [0.717, 1.165) is 5.56 Å². The van der Waals surface area contributed by atoms with Crippen LogP contribution in [0, 0.1) is 0 Å². The molecule has 0 unspecified atom stereocenters. The minimum atomic E-state index is -0.581. The van der Waals surface area contributed by atoms with Crippen molar-refractivity contribution in [2.24, 2.45) is 0 Å². The summed E-state index contributed by atoms with van der Waals surface area (Å²) in [5.74, 6) is -0.581. The van der Waals surface area contributed by atoms with Crippen molar-refractivity contribution < 1.29 is 9.53 Å². The molecule has 0 saturated carbocycles. The zero-order chi connectivity index (χ0) is 15.5. The minimum Gasteiger partial charge on any atom is -0.462 e. The summed E-state index contributed by atoms with van der Waals surface area (Å²) in [6.45, 7) is 2.35. The first-order chi connectivity index (χ1) is 10.7. The number of nitrogens with zero attached hydrogens (tertiary/aromatic N) is 2. The Morgan fingerprint density at radius 2 is 1.82 bits per heavy atom. The highest BCUT2D eigenvalue weighted by molar-refractivity contribution is 5.96. The van der Waals surface area contributed by atoms with Gasteiger partial charge in [0.25, 0.3) is 5.56 Å². The second-order valence-corrected chi connectivity index (χ2v) is 4.87. The summed E-state index contributed by atoms with van der Waals surface area (Å²) >= 11 is 0. The molecule has 0 atom stereocenters. The Morgan fingerprint density at radius 1 is 1.09 bits per heavy atom. The largest absolute Gasteiger partial charge is 0.462 e. The lowest BCUT2D eigenvalue weighted by Gasteiger charge is -2.05. The van der Waals surface area contributed by atoms with Crippen molar-refractivity contribution in [2.75, 3.05) is 6.61 Å². The number of hydrogen-bond donors (Lipinski definition) is 0. The molecule has 22 heavy (non-hydrogen) atoms. The number of aromatic nitrogens is 2. The smallest absolute Gasteiger partial charge is 0.346 e. The van der Waals surface area contributed by atoms with Gasteiger partial charge in [0.2, 0.25) is 0 Å². The first-order valence-corrected chi connectivity index (χ1v) is 7.13. The van der Waals surface area contributed by atoms with Gasteiger partial charge in [-0.15, -0.1) is 0 Å². The Morgan fingerprint density at radius 3 is 2.55 bits per heavy atom. The summed E-state index contributed by atoms with van der Waals surface area (Å²) < 4.78 is 8.25. The molecule has 0 aliphatic heterocycles. The fourth-order valence-electron chi connectivity index (χ4n) is 2.48. The van der Waals surface area contributed by atoms with Crippen molar-refractivity contribution in [3.63, 3.8) is 0 Å². The normalized spacial score (nSPS) is 10.8. The van der Waals surface area contributed by atoms with Crippen LogP contribution in [0.3, 0.4) is 0 Å². The lowest BCUT2D eigenvalue weighted by atomic mass is 10.2. The third-order valence-corrected chi connectivity index (χ3v) is 3.46. The summed E-state index contributed by atoms with van der Waals surface area (Å²) in [5.41, 5.74) is 1.29. The predicted molar refractivity (Wildman–Crippen MR) is 83.2 cm³/mol. The molecule has 0 aliphatic carbocycles. The second-order valence-electron chi connectivity index (χ2n) is 4.87. The number of hydrogen-bond acceptors (Lipinski definition) is 3. The number of carbonyl (C=O) groups is 1. The van der Waals surface area contributed by atoms with Gasteiger partial charge >= 0.3 is 5.97 Å². The molecule has 0 spiro atoms. The van der Waals surface area contributed by atoms with Gasteiger partial charge < -0.3 is 4.74 Å². The number of esters is 1. The molecule has 0 N–H and O–H groups in total. The van der Waals surface area contributed by atoms with Crippen molar-refractivity contribution in [1.82, 2.24) is 9.20 Å². The summed E-state index contributed by atoms with van der Waals surface area (Å²) in [6.07, 6.45) is 1.77. The van der Waals surface area contributed by atoms with Crippen molar-refractivity contribution in [1.29, 1.82) is 0 Å². The van der Waals surface area contributed by atoms with Gasteiger partial charge in [0.1, 0.15) is 0 Å². The Hall–Kier alpha value is -2.82. The molecular formula is C17H16N2O3. The average molecular weight is 296 g/mol. The van der Waals surface area contributed by atoms with E-state index < -0.39 is 5.97 Å². The van der Waals surface area contributed by atoms with Crippen LogP contribution in [0.25, 0.3) is 5.52 Å². The van der Waals surface area contributed by atoms with Gasteiger partial charge in [-0.25, -0.2) is 9.48 Å². The molecule has 2 heterocycles. The van der Waals surface area contributed by atoms with E-state index in [1.165, 1.54) is 4.68 Å². The minimum absolute atomic E-state index is 0.0818. The van der Waals surface area contributed by atoms with Crippen molar-refractivity contribution in [3.8, 4) is 0 Å². The van der Waals surface area contributed by atoms with E-state index in [0.29, 0.717) is 12.1 Å². The van der Waals surface area contributed by atoms with Crippen molar-refractivity contribution in [2.45, 2.75) is 13.5 Å². The van der Waals surface area contributed by atoms with Gasteiger partial charge in [0, 0.05) is 6.20 Å². The second kappa shape index (κ2) is 5.89. The van der Waals surface area contributed by atoms with E-state index in [-0.39, 0.29) is 17.7 Å². The SMILES string of the molecule is CCOC(=O)c1c(=O)n(Cc2ccccc2)n2ccccc12. The maximum atomic E-state index is 12.7. The molecule has 5 nitrogen and oxygen atoms in total. The van der Waals surface area contributed by atoms with Crippen LogP contribution >= 0.6 is 0 Å². The van der Waals surface area contributed by atoms with Gasteiger partial charge in [-0.2, -0.15) is 0 Å². The monoisotopic (exact) mass is 296 g/mol. The fourth-order valence-corrected chi connectivity index (χ4v) is 2.48. The first kappa shape index (κ1) is 14.1. The molecule has 0 bridgehead atoms. The lowest BCUT2D eigenvalue weighted by molar-refractivity contribution is 0.0527. The summed E-state index contributed by atoms with van der Waals surface area (Å²) in [4.78, 5) is 24.7. The maximum Gasteiger partial charge on any atom is 0.346 e. The maximum absolute atomic E-state index is 12.7. The van der Waals surface area contributed by atoms with Gasteiger partial charge in [0.15, 0.2) is 5.56 Å². The van der Waals surface area contributed by atoms with Gasteiger partial charge in [-0.05, 0) is 24.6 Å². The molecule has 112 valence electrons. The Labute approximate surface area is 127 Å². The lowest BCUT2D eigenvalue weighted by Crippen LogP contribution is -2.24. The highest BCUT2D eigenvalue weighted by Gasteiger charge is 2.21. The van der Waals surface area contributed by atoms with Crippen LogP contribution in [0.4, 0.5) is 0 Å². The van der Waals surface area contributed by atoms with Crippen LogP contribution in [0.15, 0.2) is 59.5 Å². The standard InChI is InChI=1S/C17H16N2O3/c1-2-22-17(21)15-14-10-6-7-11-18(14)19(16(15)20)12-13-8-4-3-5-9-13/h3-11H,2,12H2,1H3. The predicted octanol–water partition coefficient (Wildman–Crippen LogP) is 2.33. The molecule has 1 aromatic carbocycles. The van der Waals surface area contributed by atoms with E-state index in [2.05, 4.69) is 0 Å². The molecule has 0 fully saturated rings. The van der Waals surface area contributed by atoms with Gasteiger partial charge in [-0.3, -0.25) is 9.31 Å². The van der Waals surface area contributed by atoms with Gasteiger partial charge in [-0.1, -0.05) is 36.4 Å². The average Bonchev–Trinajstić information content (AvgIpc) is 2.81. The van der Waals surface area contributed by atoms with Crippen molar-refractivity contribution >= 4 is 11.5 Å². The van der Waals surface area contributed by atoms with Crippen LogP contribution < -0.4 is 5.56 Å². The molecule has 5 heteroatoms. The van der Waals surface area contributed by atoms with Crippen LogP contribution in [-0.2, 0) is 11.3 Å². The van der Waals surface area contributed by atoms with E-state index in [4.69, 9.17) is 4.74 Å². The van der Waals surface area contributed by atoms with Crippen LogP contribution in [0.5, 0.6) is 0 Å². The third-order valence-electron chi connectivity index (χ3n) is 3.46. The molecule has 0 saturated heterocycles. The number of carbonyl (C=O) groups excluding carboxylic acids is 1. The molecular weight excluding hydrogens is 280 g/mol. The molecule has 0 radical (unpaired) electrons. The number of pyridine rings is 1. The highest BCUT2D eigenvalue weighted by Crippen LogP contribution is 2.11. The molecule has 0 amide bonds. The van der Waals surface area contributed by atoms with E-state index in [9.17, 15) is 9.59 Å². The number of benzene rings is 1. The Balaban J connectivity index is 2.16. The Bertz CT molecular complexity index is 862. The quantitative estimate of drug-likeness (QED) is 0.694. The van der Waals surface area contributed by atoms with Gasteiger partial charge in [0.05, 0.1) is 18.7 Å². The van der Waals surface area contributed by atoms with Crippen LogP contribution in [0.2, 0.25) is 0 Å². The topological polar surface area (TPSA) is 52.7 Å². The molecule has 0 aliphatic rings. The molecule has 2 aromatic heterocycles. The summed E-state index contributed by atoms with van der Waals surface area (Å²) in [5, 5.41) is 0. The number of fused-ring (bicyclic) bond motifs is 1. The zero-order valence-corrected chi connectivity index (χ0v) is 12.2. The van der Waals surface area contributed by atoms with Crippen molar-refractivity contribution in [3.05, 3.63) is 76.2 Å². The van der Waals surface area contributed by atoms with Crippen LogP contribution in [-0.4, -0.2) is 21.8 Å². The highest BCUT2D eigenvalue weighted by atomic mass is 16.5. The zero-order valence-electron chi connectivity index (χ0n) is 12.2. The van der Waals surface area contributed by atoms with E-state index >= 15 is 0 Å².